The highest BCUT2D eigenvalue weighted by atomic mass is 16.5. The third-order valence-corrected chi connectivity index (χ3v) is 3.14. The van der Waals surface area contributed by atoms with Crippen LogP contribution in [-0.2, 0) is 16.6 Å². The van der Waals surface area contributed by atoms with Gasteiger partial charge in [-0.3, -0.25) is 9.48 Å². The summed E-state index contributed by atoms with van der Waals surface area (Å²) >= 11 is 0. The molecule has 0 spiro atoms. The van der Waals surface area contributed by atoms with Gasteiger partial charge in [0.2, 0.25) is 0 Å². The number of piperidine rings is 1. The summed E-state index contributed by atoms with van der Waals surface area (Å²) in [7, 11) is 1.70. The van der Waals surface area contributed by atoms with Crippen molar-refractivity contribution >= 4 is 11.9 Å². The minimum Gasteiger partial charge on any atom is -0.464 e. The van der Waals surface area contributed by atoms with E-state index in [1.54, 1.807) is 25.1 Å². The Labute approximate surface area is 111 Å². The summed E-state index contributed by atoms with van der Waals surface area (Å²) in [6, 6.07) is -0.497. The minimum atomic E-state index is -0.497. The molecule has 0 saturated carbocycles. The molecule has 1 aliphatic rings. The summed E-state index contributed by atoms with van der Waals surface area (Å²) in [4.78, 5) is 25.8. The van der Waals surface area contributed by atoms with Crippen molar-refractivity contribution in [3.05, 3.63) is 11.9 Å². The summed E-state index contributed by atoms with van der Waals surface area (Å²) in [6.45, 7) is 2.64. The van der Waals surface area contributed by atoms with Crippen LogP contribution in [0.5, 0.6) is 0 Å². The van der Waals surface area contributed by atoms with Gasteiger partial charge in [-0.15, -0.1) is 5.10 Å². The number of aromatic nitrogens is 3. The van der Waals surface area contributed by atoms with Gasteiger partial charge in [-0.25, -0.2) is 4.79 Å². The fraction of sp³-hybridized carbons (Fsp3) is 0.667. The molecule has 1 saturated heterocycles. The van der Waals surface area contributed by atoms with E-state index in [0.717, 1.165) is 12.8 Å². The van der Waals surface area contributed by atoms with Gasteiger partial charge in [-0.05, 0) is 26.2 Å². The molecule has 2 heterocycles. The first-order valence-corrected chi connectivity index (χ1v) is 6.47. The van der Waals surface area contributed by atoms with Crippen molar-refractivity contribution in [1.82, 2.24) is 19.9 Å². The Morgan fingerprint density at radius 1 is 1.47 bits per heavy atom. The van der Waals surface area contributed by atoms with Gasteiger partial charge in [0.25, 0.3) is 5.91 Å². The number of carbonyl (C=O) groups excluding carboxylic acids is 2. The lowest BCUT2D eigenvalue weighted by molar-refractivity contribution is -0.149. The topological polar surface area (TPSA) is 77.3 Å². The smallest absolute Gasteiger partial charge is 0.328 e. The van der Waals surface area contributed by atoms with Gasteiger partial charge in [0.1, 0.15) is 6.04 Å². The molecule has 0 radical (unpaired) electrons. The van der Waals surface area contributed by atoms with Crippen LogP contribution < -0.4 is 0 Å². The molecule has 0 N–H and O–H groups in total. The molecule has 1 unspecified atom stereocenters. The molecule has 0 bridgehead atoms. The molecular formula is C12H18N4O3. The van der Waals surface area contributed by atoms with Crippen molar-refractivity contribution < 1.29 is 14.3 Å². The van der Waals surface area contributed by atoms with Gasteiger partial charge in [0.05, 0.1) is 12.8 Å². The first kappa shape index (κ1) is 13.5. The molecule has 7 nitrogen and oxygen atoms in total. The van der Waals surface area contributed by atoms with Crippen LogP contribution in [0.25, 0.3) is 0 Å². The van der Waals surface area contributed by atoms with E-state index in [-0.39, 0.29) is 17.6 Å². The molecule has 0 aliphatic carbocycles. The number of ether oxygens (including phenoxy) is 1. The van der Waals surface area contributed by atoms with E-state index in [0.29, 0.717) is 19.6 Å². The first-order valence-electron chi connectivity index (χ1n) is 6.47. The summed E-state index contributed by atoms with van der Waals surface area (Å²) in [5.74, 6) is -0.592. The lowest BCUT2D eigenvalue weighted by atomic mass is 10.0. The Balaban J connectivity index is 2.15. The predicted molar refractivity (Wildman–Crippen MR) is 66.3 cm³/mol. The number of rotatable bonds is 3. The Morgan fingerprint density at radius 2 is 2.26 bits per heavy atom. The Bertz CT molecular complexity index is 471. The fourth-order valence-corrected chi connectivity index (χ4v) is 2.25. The van der Waals surface area contributed by atoms with Crippen LogP contribution in [0.3, 0.4) is 0 Å². The quantitative estimate of drug-likeness (QED) is 0.739. The van der Waals surface area contributed by atoms with Crippen molar-refractivity contribution in [3.63, 3.8) is 0 Å². The van der Waals surface area contributed by atoms with Crippen molar-refractivity contribution in [2.24, 2.45) is 7.05 Å². The van der Waals surface area contributed by atoms with E-state index in [2.05, 4.69) is 10.3 Å². The zero-order valence-corrected chi connectivity index (χ0v) is 11.2. The fourth-order valence-electron chi connectivity index (χ4n) is 2.25. The maximum Gasteiger partial charge on any atom is 0.328 e. The predicted octanol–water partition coefficient (Wildman–Crippen LogP) is 0.373. The van der Waals surface area contributed by atoms with Crippen molar-refractivity contribution in [3.8, 4) is 0 Å². The monoisotopic (exact) mass is 266 g/mol. The van der Waals surface area contributed by atoms with E-state index >= 15 is 0 Å². The second-order valence-electron chi connectivity index (χ2n) is 4.54. The van der Waals surface area contributed by atoms with E-state index in [4.69, 9.17) is 4.74 Å². The van der Waals surface area contributed by atoms with Crippen molar-refractivity contribution in [1.29, 1.82) is 0 Å². The van der Waals surface area contributed by atoms with Crippen LogP contribution in [-0.4, -0.2) is 51.0 Å². The lowest BCUT2D eigenvalue weighted by Crippen LogP contribution is -2.48. The van der Waals surface area contributed by atoms with Crippen molar-refractivity contribution in [2.45, 2.75) is 32.2 Å². The Kier molecular flexibility index (Phi) is 4.13. The van der Waals surface area contributed by atoms with E-state index < -0.39 is 6.04 Å². The van der Waals surface area contributed by atoms with Crippen LogP contribution in [0.1, 0.15) is 36.7 Å². The third-order valence-electron chi connectivity index (χ3n) is 3.14. The molecule has 1 fully saturated rings. The van der Waals surface area contributed by atoms with Gasteiger partial charge >= 0.3 is 5.97 Å². The summed E-state index contributed by atoms with van der Waals surface area (Å²) in [5, 5.41) is 7.54. The molecule has 1 aromatic heterocycles. The average molecular weight is 266 g/mol. The number of nitrogens with zero attached hydrogens (tertiary/aromatic N) is 4. The Morgan fingerprint density at radius 3 is 2.89 bits per heavy atom. The number of esters is 1. The molecule has 1 aliphatic heterocycles. The minimum absolute atomic E-state index is 0.258. The van der Waals surface area contributed by atoms with E-state index in [1.165, 1.54) is 4.68 Å². The third kappa shape index (κ3) is 2.91. The van der Waals surface area contributed by atoms with Gasteiger partial charge in [-0.1, -0.05) is 5.21 Å². The SMILES string of the molecule is CCOC(=O)C1CCCCN1C(=O)c1cn(C)nn1. The largest absolute Gasteiger partial charge is 0.464 e. The summed E-state index contributed by atoms with van der Waals surface area (Å²) in [6.07, 6.45) is 4.01. The van der Waals surface area contributed by atoms with Crippen LogP contribution in [0.15, 0.2) is 6.20 Å². The van der Waals surface area contributed by atoms with E-state index in [1.807, 2.05) is 0 Å². The van der Waals surface area contributed by atoms with Crippen LogP contribution in [0, 0.1) is 0 Å². The zero-order valence-electron chi connectivity index (χ0n) is 11.2. The van der Waals surface area contributed by atoms with Crippen molar-refractivity contribution in [2.75, 3.05) is 13.2 Å². The number of aryl methyl sites for hydroxylation is 1. The normalized spacial score (nSPS) is 19.3. The van der Waals surface area contributed by atoms with Gasteiger partial charge < -0.3 is 9.64 Å². The second-order valence-corrected chi connectivity index (χ2v) is 4.54. The molecule has 19 heavy (non-hydrogen) atoms. The molecule has 104 valence electrons. The van der Waals surface area contributed by atoms with Gasteiger partial charge in [-0.2, -0.15) is 0 Å². The molecule has 1 aromatic rings. The highest BCUT2D eigenvalue weighted by Gasteiger charge is 2.34. The van der Waals surface area contributed by atoms with Crippen LogP contribution in [0.4, 0.5) is 0 Å². The Hall–Kier alpha value is -1.92. The van der Waals surface area contributed by atoms with Crippen LogP contribution in [0.2, 0.25) is 0 Å². The van der Waals surface area contributed by atoms with Crippen LogP contribution >= 0.6 is 0 Å². The molecular weight excluding hydrogens is 248 g/mol. The molecule has 1 amide bonds. The zero-order chi connectivity index (χ0) is 13.8. The number of amides is 1. The summed E-state index contributed by atoms with van der Waals surface area (Å²) < 4.78 is 6.50. The molecule has 1 atom stereocenters. The lowest BCUT2D eigenvalue weighted by Gasteiger charge is -2.33. The number of hydrogen-bond donors (Lipinski definition) is 0. The first-order chi connectivity index (χ1) is 9.13. The molecule has 0 aromatic carbocycles. The number of likely N-dealkylation sites (tertiary alicyclic amines) is 1. The highest BCUT2D eigenvalue weighted by Crippen LogP contribution is 2.20. The number of carbonyl (C=O) groups is 2. The molecule has 7 heteroatoms. The maximum absolute atomic E-state index is 12.3. The summed E-state index contributed by atoms with van der Waals surface area (Å²) in [5.41, 5.74) is 0.263. The second kappa shape index (κ2) is 5.81. The maximum atomic E-state index is 12.3. The van der Waals surface area contributed by atoms with E-state index in [9.17, 15) is 9.59 Å². The average Bonchev–Trinajstić information content (AvgIpc) is 2.85. The van der Waals surface area contributed by atoms with Gasteiger partial charge in [0.15, 0.2) is 5.69 Å². The molecule has 2 rings (SSSR count). The number of hydrogen-bond acceptors (Lipinski definition) is 5. The standard InChI is InChI=1S/C12H18N4O3/c1-3-19-12(18)10-6-4-5-7-16(10)11(17)9-8-15(2)14-13-9/h8,10H,3-7H2,1-2H3. The highest BCUT2D eigenvalue weighted by molar-refractivity contribution is 5.95. The van der Waals surface area contributed by atoms with Gasteiger partial charge in [0, 0.05) is 13.6 Å².